The highest BCUT2D eigenvalue weighted by molar-refractivity contribution is 5.81. The Labute approximate surface area is 104 Å². The van der Waals surface area contributed by atoms with E-state index in [0.717, 1.165) is 32.4 Å². The fourth-order valence-electron chi connectivity index (χ4n) is 2.45. The predicted molar refractivity (Wildman–Crippen MR) is 70.0 cm³/mol. The highest BCUT2D eigenvalue weighted by Gasteiger charge is 2.22. The third-order valence-electron chi connectivity index (χ3n) is 3.68. The monoisotopic (exact) mass is 231 g/mol. The Balaban J connectivity index is 1.78. The zero-order valence-electron chi connectivity index (χ0n) is 10.6. The molecule has 1 aliphatic heterocycles. The molecule has 0 atom stereocenters. The van der Waals surface area contributed by atoms with E-state index >= 15 is 0 Å². The van der Waals surface area contributed by atoms with Gasteiger partial charge < -0.3 is 4.90 Å². The van der Waals surface area contributed by atoms with Crippen LogP contribution in [0, 0.1) is 5.92 Å². The lowest BCUT2D eigenvalue weighted by molar-refractivity contribution is -0.124. The van der Waals surface area contributed by atoms with Gasteiger partial charge in [-0.25, -0.2) is 0 Å². The Morgan fingerprint density at radius 1 is 1.24 bits per heavy atom. The molecule has 1 aliphatic rings. The number of piperidine rings is 1. The number of carbonyl (C=O) groups excluding carboxylic acids is 1. The van der Waals surface area contributed by atoms with E-state index in [1.54, 1.807) is 0 Å². The Hall–Kier alpha value is -1.15. The van der Waals surface area contributed by atoms with Crippen molar-refractivity contribution in [3.8, 4) is 0 Å². The number of rotatable bonds is 4. The summed E-state index contributed by atoms with van der Waals surface area (Å²) in [6, 6.07) is 10.3. The maximum Gasteiger partial charge on any atom is 0.136 e. The van der Waals surface area contributed by atoms with Crippen LogP contribution in [0.15, 0.2) is 30.3 Å². The van der Waals surface area contributed by atoms with Crippen LogP contribution in [-0.2, 0) is 11.2 Å². The minimum absolute atomic E-state index is 0.315. The number of hydrogen-bond donors (Lipinski definition) is 0. The molecule has 1 fully saturated rings. The average Bonchev–Trinajstić information content (AvgIpc) is 2.38. The van der Waals surface area contributed by atoms with Crippen LogP contribution in [0.5, 0.6) is 0 Å². The largest absolute Gasteiger partial charge is 0.306 e. The van der Waals surface area contributed by atoms with E-state index in [2.05, 4.69) is 24.1 Å². The Morgan fingerprint density at radius 2 is 1.88 bits per heavy atom. The molecule has 0 unspecified atom stereocenters. The summed E-state index contributed by atoms with van der Waals surface area (Å²) in [5.41, 5.74) is 1.27. The third kappa shape index (κ3) is 3.67. The van der Waals surface area contributed by atoms with Gasteiger partial charge in [-0.15, -0.1) is 0 Å². The van der Waals surface area contributed by atoms with Gasteiger partial charge in [0, 0.05) is 12.3 Å². The first kappa shape index (κ1) is 12.3. The Kier molecular flexibility index (Phi) is 4.32. The van der Waals surface area contributed by atoms with E-state index in [9.17, 15) is 4.79 Å². The molecule has 0 aromatic heterocycles. The topological polar surface area (TPSA) is 20.3 Å². The molecule has 0 aliphatic carbocycles. The van der Waals surface area contributed by atoms with Crippen molar-refractivity contribution in [2.24, 2.45) is 5.92 Å². The van der Waals surface area contributed by atoms with E-state index in [4.69, 9.17) is 0 Å². The number of carbonyl (C=O) groups is 1. The average molecular weight is 231 g/mol. The standard InChI is InChI=1S/C15H21NO/c1-16-11-9-14(10-12-16)15(17)8-7-13-5-3-2-4-6-13/h2-6,14H,7-12H2,1H3. The first-order valence-corrected chi connectivity index (χ1v) is 6.51. The van der Waals surface area contributed by atoms with Gasteiger partial charge in [-0.3, -0.25) is 4.79 Å². The van der Waals surface area contributed by atoms with Gasteiger partial charge in [-0.2, -0.15) is 0 Å². The normalized spacial score (nSPS) is 18.2. The highest BCUT2D eigenvalue weighted by atomic mass is 16.1. The molecule has 0 radical (unpaired) electrons. The van der Waals surface area contributed by atoms with E-state index in [-0.39, 0.29) is 0 Å². The number of hydrogen-bond acceptors (Lipinski definition) is 2. The maximum absolute atomic E-state index is 12.1. The molecule has 2 rings (SSSR count). The molecule has 1 saturated heterocycles. The second-order valence-electron chi connectivity index (χ2n) is 5.03. The summed E-state index contributed by atoms with van der Waals surface area (Å²) in [4.78, 5) is 14.4. The van der Waals surface area contributed by atoms with Crippen molar-refractivity contribution in [2.75, 3.05) is 20.1 Å². The maximum atomic E-state index is 12.1. The molecule has 2 nitrogen and oxygen atoms in total. The molecular formula is C15H21NO. The minimum atomic E-state index is 0.315. The molecule has 1 heterocycles. The molecule has 0 amide bonds. The lowest BCUT2D eigenvalue weighted by atomic mass is 9.90. The second-order valence-corrected chi connectivity index (χ2v) is 5.03. The zero-order chi connectivity index (χ0) is 12.1. The van der Waals surface area contributed by atoms with Crippen LogP contribution in [0.2, 0.25) is 0 Å². The summed E-state index contributed by atoms with van der Waals surface area (Å²) >= 11 is 0. The molecule has 2 heteroatoms. The van der Waals surface area contributed by atoms with Crippen LogP contribution in [0.1, 0.15) is 24.8 Å². The van der Waals surface area contributed by atoms with E-state index in [1.807, 2.05) is 18.2 Å². The van der Waals surface area contributed by atoms with Crippen LogP contribution >= 0.6 is 0 Å². The van der Waals surface area contributed by atoms with Crippen molar-refractivity contribution >= 4 is 5.78 Å². The van der Waals surface area contributed by atoms with E-state index in [1.165, 1.54) is 5.56 Å². The van der Waals surface area contributed by atoms with Crippen molar-refractivity contribution in [1.29, 1.82) is 0 Å². The fraction of sp³-hybridized carbons (Fsp3) is 0.533. The lowest BCUT2D eigenvalue weighted by Gasteiger charge is -2.27. The first-order valence-electron chi connectivity index (χ1n) is 6.51. The fourth-order valence-corrected chi connectivity index (χ4v) is 2.45. The third-order valence-corrected chi connectivity index (χ3v) is 3.68. The number of Topliss-reactive ketones (excluding diaryl/α,β-unsaturated/α-hetero) is 1. The number of ketones is 1. The summed E-state index contributed by atoms with van der Waals surface area (Å²) < 4.78 is 0. The summed E-state index contributed by atoms with van der Waals surface area (Å²) in [5, 5.41) is 0. The molecule has 1 aromatic carbocycles. The van der Waals surface area contributed by atoms with Crippen molar-refractivity contribution < 1.29 is 4.79 Å². The predicted octanol–water partition coefficient (Wildman–Crippen LogP) is 2.53. The molecule has 0 bridgehead atoms. The van der Waals surface area contributed by atoms with E-state index < -0.39 is 0 Å². The number of benzene rings is 1. The number of likely N-dealkylation sites (tertiary alicyclic amines) is 1. The molecular weight excluding hydrogens is 210 g/mol. The highest BCUT2D eigenvalue weighted by Crippen LogP contribution is 2.19. The van der Waals surface area contributed by atoms with Crippen LogP contribution in [-0.4, -0.2) is 30.8 Å². The van der Waals surface area contributed by atoms with Gasteiger partial charge in [0.1, 0.15) is 5.78 Å². The minimum Gasteiger partial charge on any atom is -0.306 e. The molecule has 17 heavy (non-hydrogen) atoms. The zero-order valence-corrected chi connectivity index (χ0v) is 10.6. The lowest BCUT2D eigenvalue weighted by Crippen LogP contribution is -2.33. The SMILES string of the molecule is CN1CCC(C(=O)CCc2ccccc2)CC1. The number of nitrogens with zero attached hydrogens (tertiary/aromatic N) is 1. The molecule has 92 valence electrons. The molecule has 0 saturated carbocycles. The van der Waals surface area contributed by atoms with Crippen LogP contribution in [0.25, 0.3) is 0 Å². The van der Waals surface area contributed by atoms with Gasteiger partial charge in [0.2, 0.25) is 0 Å². The van der Waals surface area contributed by atoms with Crippen molar-refractivity contribution in [2.45, 2.75) is 25.7 Å². The van der Waals surface area contributed by atoms with Crippen molar-refractivity contribution in [1.82, 2.24) is 4.90 Å². The van der Waals surface area contributed by atoms with E-state index in [0.29, 0.717) is 18.1 Å². The second kappa shape index (κ2) is 5.97. The smallest absolute Gasteiger partial charge is 0.136 e. The Morgan fingerprint density at radius 3 is 2.53 bits per heavy atom. The molecule has 0 spiro atoms. The summed E-state index contributed by atoms with van der Waals surface area (Å²) in [7, 11) is 2.13. The van der Waals surface area contributed by atoms with Gasteiger partial charge in [0.15, 0.2) is 0 Å². The van der Waals surface area contributed by atoms with Crippen LogP contribution in [0.4, 0.5) is 0 Å². The molecule has 0 N–H and O–H groups in total. The van der Waals surface area contributed by atoms with Crippen LogP contribution in [0.3, 0.4) is 0 Å². The van der Waals surface area contributed by atoms with Gasteiger partial charge in [0.05, 0.1) is 0 Å². The summed E-state index contributed by atoms with van der Waals surface area (Å²) in [6.07, 6.45) is 3.69. The van der Waals surface area contributed by atoms with Gasteiger partial charge in [0.25, 0.3) is 0 Å². The quantitative estimate of drug-likeness (QED) is 0.793. The summed E-state index contributed by atoms with van der Waals surface area (Å²) in [5.74, 6) is 0.775. The van der Waals surface area contributed by atoms with Crippen molar-refractivity contribution in [3.05, 3.63) is 35.9 Å². The number of aryl methyl sites for hydroxylation is 1. The summed E-state index contributed by atoms with van der Waals surface area (Å²) in [6.45, 7) is 2.14. The van der Waals surface area contributed by atoms with Gasteiger partial charge in [-0.05, 0) is 45.0 Å². The van der Waals surface area contributed by atoms with Gasteiger partial charge in [-0.1, -0.05) is 30.3 Å². The first-order chi connectivity index (χ1) is 8.25. The van der Waals surface area contributed by atoms with Gasteiger partial charge >= 0.3 is 0 Å². The Bertz CT molecular complexity index is 352. The van der Waals surface area contributed by atoms with Crippen LogP contribution < -0.4 is 0 Å². The molecule has 1 aromatic rings. The van der Waals surface area contributed by atoms with Crippen molar-refractivity contribution in [3.63, 3.8) is 0 Å².